The van der Waals surface area contributed by atoms with Crippen molar-refractivity contribution in [2.24, 2.45) is 0 Å². The maximum Gasteiger partial charge on any atom is 0.259 e. The molecule has 0 aliphatic carbocycles. The lowest BCUT2D eigenvalue weighted by molar-refractivity contribution is 0.0696. The second-order valence-corrected chi connectivity index (χ2v) is 2.46. The van der Waals surface area contributed by atoms with Gasteiger partial charge in [0.15, 0.2) is 0 Å². The third kappa shape index (κ3) is 1.64. The third-order valence-corrected chi connectivity index (χ3v) is 1.57. The second-order valence-electron chi connectivity index (χ2n) is 2.46. The molecule has 68 valence electrons. The first-order valence-electron chi connectivity index (χ1n) is 3.75. The van der Waals surface area contributed by atoms with Crippen molar-refractivity contribution in [3.8, 4) is 0 Å². The fraction of sp³-hybridized carbons (Fsp3) is 0.125. The Morgan fingerprint density at radius 2 is 2.54 bits per heavy atom. The number of hydrogen-bond acceptors (Lipinski definition) is 3. The van der Waals surface area contributed by atoms with Crippen molar-refractivity contribution in [3.63, 3.8) is 0 Å². The Balaban J connectivity index is 1.99. The zero-order chi connectivity index (χ0) is 9.10. The molecule has 1 aliphatic rings. The summed E-state index contributed by atoms with van der Waals surface area (Å²) < 4.78 is 9.69. The number of aromatic amines is 1. The number of amides is 1. The van der Waals surface area contributed by atoms with Crippen molar-refractivity contribution in [1.29, 1.82) is 0 Å². The average Bonchev–Trinajstić information content (AvgIpc) is 2.74. The van der Waals surface area contributed by atoms with Crippen molar-refractivity contribution in [2.45, 2.75) is 0 Å². The van der Waals surface area contributed by atoms with Gasteiger partial charge in [-0.2, -0.15) is 0 Å². The van der Waals surface area contributed by atoms with E-state index in [4.69, 9.17) is 9.47 Å². The molecule has 0 atom stereocenters. The molecule has 0 saturated heterocycles. The molecule has 1 amide bonds. The normalized spacial score (nSPS) is 14.3. The van der Waals surface area contributed by atoms with Crippen LogP contribution in [0.3, 0.4) is 0 Å². The Labute approximate surface area is 74.3 Å². The molecule has 0 unspecified atom stereocenters. The summed E-state index contributed by atoms with van der Waals surface area (Å²) >= 11 is 0. The molecule has 5 nitrogen and oxygen atoms in total. The predicted molar refractivity (Wildman–Crippen MR) is 43.4 cm³/mol. The molecule has 0 bridgehead atoms. The average molecular weight is 180 g/mol. The van der Waals surface area contributed by atoms with E-state index in [1.807, 2.05) is 0 Å². The van der Waals surface area contributed by atoms with Crippen LogP contribution in [0.4, 0.5) is 0 Å². The van der Waals surface area contributed by atoms with Crippen molar-refractivity contribution in [2.75, 3.05) is 6.79 Å². The molecule has 0 aromatic carbocycles. The molecule has 13 heavy (non-hydrogen) atoms. The van der Waals surface area contributed by atoms with Gasteiger partial charge in [0.2, 0.25) is 12.7 Å². The van der Waals surface area contributed by atoms with E-state index in [0.29, 0.717) is 11.4 Å². The molecule has 0 radical (unpaired) electrons. The van der Waals surface area contributed by atoms with Gasteiger partial charge in [-0.3, -0.25) is 10.1 Å². The number of hydrogen-bond donors (Lipinski definition) is 2. The molecular formula is C8H8N2O3. The number of aromatic nitrogens is 1. The molecule has 0 spiro atoms. The van der Waals surface area contributed by atoms with Crippen LogP contribution in [0.15, 0.2) is 30.6 Å². The van der Waals surface area contributed by atoms with Crippen LogP contribution in [0, 0.1) is 0 Å². The minimum atomic E-state index is -0.224. The summed E-state index contributed by atoms with van der Waals surface area (Å²) in [6.07, 6.45) is 4.64. The van der Waals surface area contributed by atoms with E-state index >= 15 is 0 Å². The van der Waals surface area contributed by atoms with Gasteiger partial charge in [0.1, 0.15) is 6.26 Å². The summed E-state index contributed by atoms with van der Waals surface area (Å²) in [5, 5.41) is 2.54. The largest absolute Gasteiger partial charge is 0.459 e. The molecule has 5 heteroatoms. The van der Waals surface area contributed by atoms with E-state index in [0.717, 1.165) is 0 Å². The molecule has 2 N–H and O–H groups in total. The maximum atomic E-state index is 11.4. The number of ether oxygens (including phenoxy) is 2. The van der Waals surface area contributed by atoms with Crippen molar-refractivity contribution in [1.82, 2.24) is 10.3 Å². The highest BCUT2D eigenvalue weighted by Gasteiger charge is 2.11. The van der Waals surface area contributed by atoms with E-state index in [1.54, 1.807) is 18.5 Å². The zero-order valence-electron chi connectivity index (χ0n) is 6.74. The number of H-pyrrole nitrogens is 1. The lowest BCUT2D eigenvalue weighted by atomic mass is 10.3. The van der Waals surface area contributed by atoms with Gasteiger partial charge in [-0.25, -0.2) is 0 Å². The van der Waals surface area contributed by atoms with Crippen LogP contribution in [-0.4, -0.2) is 17.7 Å². The Hall–Kier alpha value is -1.91. The molecule has 1 aromatic heterocycles. The first kappa shape index (κ1) is 7.72. The summed E-state index contributed by atoms with van der Waals surface area (Å²) in [6, 6.07) is 1.67. The highest BCUT2D eigenvalue weighted by molar-refractivity contribution is 5.94. The van der Waals surface area contributed by atoms with Gasteiger partial charge in [0.25, 0.3) is 5.91 Å². The van der Waals surface area contributed by atoms with E-state index in [-0.39, 0.29) is 12.7 Å². The smallest absolute Gasteiger partial charge is 0.259 e. The first-order chi connectivity index (χ1) is 6.36. The van der Waals surface area contributed by atoms with Gasteiger partial charge in [0, 0.05) is 12.4 Å². The van der Waals surface area contributed by atoms with Crippen molar-refractivity contribution >= 4 is 5.91 Å². The SMILES string of the molecule is O=C(NC1=COCO1)c1cc[nH]c1. The minimum absolute atomic E-state index is 0.156. The zero-order valence-corrected chi connectivity index (χ0v) is 6.74. The third-order valence-electron chi connectivity index (χ3n) is 1.57. The van der Waals surface area contributed by atoms with E-state index < -0.39 is 0 Å². The van der Waals surface area contributed by atoms with Gasteiger partial charge in [0.05, 0.1) is 5.56 Å². The fourth-order valence-corrected chi connectivity index (χ4v) is 0.956. The monoisotopic (exact) mass is 180 g/mol. The number of carbonyl (C=O) groups excluding carboxylic acids is 1. The summed E-state index contributed by atoms with van der Waals surface area (Å²) in [7, 11) is 0. The standard InChI is InChI=1S/C8H8N2O3/c11-8(6-1-2-9-3-6)10-7-4-12-5-13-7/h1-4,9H,5H2,(H,10,11). The summed E-state index contributed by atoms with van der Waals surface area (Å²) in [5.41, 5.74) is 0.552. The molecule has 1 aromatic rings. The van der Waals surface area contributed by atoms with Crippen molar-refractivity contribution in [3.05, 3.63) is 36.2 Å². The van der Waals surface area contributed by atoms with Crippen LogP contribution in [0.25, 0.3) is 0 Å². The molecule has 0 fully saturated rings. The Bertz CT molecular complexity index is 329. The quantitative estimate of drug-likeness (QED) is 0.698. The van der Waals surface area contributed by atoms with E-state index in [9.17, 15) is 4.79 Å². The van der Waals surface area contributed by atoms with Crippen LogP contribution in [0.1, 0.15) is 10.4 Å². The summed E-state index contributed by atoms with van der Waals surface area (Å²) in [6.45, 7) is 0.156. The van der Waals surface area contributed by atoms with Crippen LogP contribution < -0.4 is 5.32 Å². The van der Waals surface area contributed by atoms with Gasteiger partial charge >= 0.3 is 0 Å². The van der Waals surface area contributed by atoms with Crippen LogP contribution in [-0.2, 0) is 9.47 Å². The summed E-state index contributed by atoms with van der Waals surface area (Å²) in [4.78, 5) is 14.1. The highest BCUT2D eigenvalue weighted by atomic mass is 16.7. The molecule has 2 rings (SSSR count). The van der Waals surface area contributed by atoms with Crippen LogP contribution in [0.2, 0.25) is 0 Å². The van der Waals surface area contributed by atoms with E-state index in [2.05, 4.69) is 10.3 Å². The fourth-order valence-electron chi connectivity index (χ4n) is 0.956. The molecule has 0 saturated carbocycles. The van der Waals surface area contributed by atoms with Crippen molar-refractivity contribution < 1.29 is 14.3 Å². The lowest BCUT2D eigenvalue weighted by Gasteiger charge is -2.01. The minimum Gasteiger partial charge on any atom is -0.459 e. The Morgan fingerprint density at radius 3 is 3.15 bits per heavy atom. The maximum absolute atomic E-state index is 11.4. The second kappa shape index (κ2) is 3.22. The Kier molecular flexibility index (Phi) is 1.91. The first-order valence-corrected chi connectivity index (χ1v) is 3.75. The number of rotatable bonds is 2. The topological polar surface area (TPSA) is 63.4 Å². The number of carbonyl (C=O) groups is 1. The molecule has 2 heterocycles. The summed E-state index contributed by atoms with van der Waals surface area (Å²) in [5.74, 6) is 0.115. The van der Waals surface area contributed by atoms with Gasteiger partial charge in [-0.1, -0.05) is 0 Å². The van der Waals surface area contributed by atoms with Gasteiger partial charge in [-0.05, 0) is 6.07 Å². The molecular weight excluding hydrogens is 172 g/mol. The number of nitrogens with one attached hydrogen (secondary N) is 2. The Morgan fingerprint density at radius 1 is 1.62 bits per heavy atom. The van der Waals surface area contributed by atoms with Gasteiger partial charge in [-0.15, -0.1) is 0 Å². The van der Waals surface area contributed by atoms with Crippen LogP contribution >= 0.6 is 0 Å². The predicted octanol–water partition coefficient (Wildman–Crippen LogP) is 0.548. The van der Waals surface area contributed by atoms with E-state index in [1.165, 1.54) is 6.26 Å². The van der Waals surface area contributed by atoms with Gasteiger partial charge < -0.3 is 14.5 Å². The highest BCUT2D eigenvalue weighted by Crippen LogP contribution is 2.04. The van der Waals surface area contributed by atoms with Crippen LogP contribution in [0.5, 0.6) is 0 Å². The lowest BCUT2D eigenvalue weighted by Crippen LogP contribution is -2.22. The molecule has 1 aliphatic heterocycles.